The normalized spacial score (nSPS) is 18.9. The molecule has 0 aromatic rings. The second-order valence-corrected chi connectivity index (χ2v) is 4.58. The molecule has 0 aromatic carbocycles. The predicted octanol–water partition coefficient (Wildman–Crippen LogP) is 2.41. The van der Waals surface area contributed by atoms with Crippen LogP contribution in [0.3, 0.4) is 0 Å². The number of carbonyl (C=O) groups excluding carboxylic acids is 2. The molecule has 0 heterocycles. The van der Waals surface area contributed by atoms with Gasteiger partial charge in [0.1, 0.15) is 0 Å². The number of ketones is 1. The summed E-state index contributed by atoms with van der Waals surface area (Å²) in [5, 5.41) is 0. The van der Waals surface area contributed by atoms with Crippen LogP contribution in [0.2, 0.25) is 0 Å². The molecule has 1 aliphatic carbocycles. The number of allylic oxidation sites excluding steroid dienone is 1. The average Bonchev–Trinajstić information content (AvgIpc) is 2.74. The molecule has 4 heteroatoms. The zero-order valence-corrected chi connectivity index (χ0v) is 11.2. The maximum Gasteiger partial charge on any atom is 0.305 e. The van der Waals surface area contributed by atoms with Crippen molar-refractivity contribution in [1.82, 2.24) is 0 Å². The van der Waals surface area contributed by atoms with Crippen molar-refractivity contribution in [2.75, 3.05) is 14.2 Å². The van der Waals surface area contributed by atoms with Gasteiger partial charge in [-0.1, -0.05) is 12.8 Å². The zero-order valence-electron chi connectivity index (χ0n) is 11.2. The largest absolute Gasteiger partial charge is 0.469 e. The van der Waals surface area contributed by atoms with Crippen molar-refractivity contribution in [2.45, 2.75) is 51.0 Å². The van der Waals surface area contributed by atoms with E-state index in [4.69, 9.17) is 4.74 Å². The average molecular weight is 254 g/mol. The summed E-state index contributed by atoms with van der Waals surface area (Å²) in [6.45, 7) is 0. The monoisotopic (exact) mass is 254 g/mol. The number of Topliss-reactive ketones (excluding diaryl/α,β-unsaturated/α-hetero) is 1. The molecule has 0 spiro atoms. The van der Waals surface area contributed by atoms with Gasteiger partial charge < -0.3 is 9.47 Å². The van der Waals surface area contributed by atoms with E-state index in [-0.39, 0.29) is 17.9 Å². The molecular formula is C14H22O4. The molecule has 102 valence electrons. The molecule has 0 saturated carbocycles. The van der Waals surface area contributed by atoms with Crippen molar-refractivity contribution >= 4 is 11.8 Å². The van der Waals surface area contributed by atoms with E-state index in [1.165, 1.54) is 7.11 Å². The standard InChI is InChI=1S/C14H22O4/c1-17-12-9-11(13(15)10-12)7-5-3-4-6-8-14(16)18-2/h9,12H,3-8,10H2,1-2H3. The fourth-order valence-corrected chi connectivity index (χ4v) is 2.10. The second-order valence-electron chi connectivity index (χ2n) is 4.58. The minimum atomic E-state index is -0.147. The van der Waals surface area contributed by atoms with Gasteiger partial charge in [-0.25, -0.2) is 0 Å². The molecule has 0 aliphatic heterocycles. The lowest BCUT2D eigenvalue weighted by atomic mass is 10.0. The molecule has 0 amide bonds. The van der Waals surface area contributed by atoms with Crippen LogP contribution in [0.25, 0.3) is 0 Å². The smallest absolute Gasteiger partial charge is 0.305 e. The Balaban J connectivity index is 2.08. The Morgan fingerprint density at radius 2 is 2.00 bits per heavy atom. The molecule has 1 unspecified atom stereocenters. The number of hydrogen-bond donors (Lipinski definition) is 0. The van der Waals surface area contributed by atoms with Crippen molar-refractivity contribution in [1.29, 1.82) is 0 Å². The van der Waals surface area contributed by atoms with E-state index in [1.54, 1.807) is 7.11 Å². The highest BCUT2D eigenvalue weighted by Gasteiger charge is 2.22. The van der Waals surface area contributed by atoms with Crippen LogP contribution in [0, 0.1) is 0 Å². The Kier molecular flexibility index (Phi) is 6.65. The summed E-state index contributed by atoms with van der Waals surface area (Å²) in [7, 11) is 3.04. The lowest BCUT2D eigenvalue weighted by Gasteiger charge is -2.01. The van der Waals surface area contributed by atoms with Crippen molar-refractivity contribution < 1.29 is 19.1 Å². The molecule has 0 aromatic heterocycles. The van der Waals surface area contributed by atoms with Crippen LogP contribution in [0.5, 0.6) is 0 Å². The van der Waals surface area contributed by atoms with Crippen LogP contribution < -0.4 is 0 Å². The predicted molar refractivity (Wildman–Crippen MR) is 68.2 cm³/mol. The van der Waals surface area contributed by atoms with E-state index in [0.29, 0.717) is 12.8 Å². The molecule has 1 atom stereocenters. The van der Waals surface area contributed by atoms with Crippen molar-refractivity contribution in [3.8, 4) is 0 Å². The summed E-state index contributed by atoms with van der Waals surface area (Å²) in [6, 6.07) is 0. The van der Waals surface area contributed by atoms with Gasteiger partial charge in [-0.05, 0) is 30.9 Å². The Bertz CT molecular complexity index is 320. The van der Waals surface area contributed by atoms with Crippen LogP contribution in [-0.4, -0.2) is 32.1 Å². The molecule has 18 heavy (non-hydrogen) atoms. The van der Waals surface area contributed by atoms with Gasteiger partial charge in [0.2, 0.25) is 0 Å². The summed E-state index contributed by atoms with van der Waals surface area (Å²) < 4.78 is 9.72. The third-order valence-electron chi connectivity index (χ3n) is 3.24. The molecule has 4 nitrogen and oxygen atoms in total. The van der Waals surface area contributed by atoms with Gasteiger partial charge in [0.15, 0.2) is 5.78 Å². The van der Waals surface area contributed by atoms with Gasteiger partial charge in [0, 0.05) is 20.0 Å². The van der Waals surface area contributed by atoms with Gasteiger partial charge in [-0.2, -0.15) is 0 Å². The van der Waals surface area contributed by atoms with Crippen LogP contribution in [0.15, 0.2) is 11.6 Å². The number of esters is 1. The third kappa shape index (κ3) is 5.00. The first-order valence-corrected chi connectivity index (χ1v) is 6.51. The number of rotatable bonds is 8. The first-order valence-electron chi connectivity index (χ1n) is 6.51. The van der Waals surface area contributed by atoms with Crippen molar-refractivity contribution in [2.24, 2.45) is 0 Å². The summed E-state index contributed by atoms with van der Waals surface area (Å²) in [5.41, 5.74) is 0.912. The molecule has 0 saturated heterocycles. The third-order valence-corrected chi connectivity index (χ3v) is 3.24. The van der Waals surface area contributed by atoms with Gasteiger partial charge in [0.25, 0.3) is 0 Å². The molecule has 0 bridgehead atoms. The fourth-order valence-electron chi connectivity index (χ4n) is 2.10. The van der Waals surface area contributed by atoms with E-state index < -0.39 is 0 Å². The molecule has 0 N–H and O–H groups in total. The maximum atomic E-state index is 11.6. The Morgan fingerprint density at radius 1 is 1.28 bits per heavy atom. The van der Waals surface area contributed by atoms with E-state index in [0.717, 1.165) is 37.7 Å². The molecule has 1 aliphatic rings. The summed E-state index contributed by atoms with van der Waals surface area (Å²) in [4.78, 5) is 22.5. The van der Waals surface area contributed by atoms with E-state index in [2.05, 4.69) is 4.74 Å². The highest BCUT2D eigenvalue weighted by atomic mass is 16.5. The van der Waals surface area contributed by atoms with Gasteiger partial charge in [-0.15, -0.1) is 0 Å². The van der Waals surface area contributed by atoms with Crippen molar-refractivity contribution in [3.05, 3.63) is 11.6 Å². The van der Waals surface area contributed by atoms with Gasteiger partial charge in [-0.3, -0.25) is 9.59 Å². The van der Waals surface area contributed by atoms with Crippen LogP contribution in [0.4, 0.5) is 0 Å². The van der Waals surface area contributed by atoms with E-state index in [1.807, 2.05) is 6.08 Å². The highest BCUT2D eigenvalue weighted by Crippen LogP contribution is 2.22. The lowest BCUT2D eigenvalue weighted by Crippen LogP contribution is -2.05. The highest BCUT2D eigenvalue weighted by molar-refractivity contribution is 5.98. The second kappa shape index (κ2) is 8.03. The van der Waals surface area contributed by atoms with Crippen LogP contribution in [0.1, 0.15) is 44.9 Å². The SMILES string of the molecule is COC(=O)CCCCCCC1=CC(OC)CC1=O. The van der Waals surface area contributed by atoms with E-state index in [9.17, 15) is 9.59 Å². The van der Waals surface area contributed by atoms with Crippen LogP contribution >= 0.6 is 0 Å². The lowest BCUT2D eigenvalue weighted by molar-refractivity contribution is -0.140. The van der Waals surface area contributed by atoms with Gasteiger partial charge in [0.05, 0.1) is 13.2 Å². The Labute approximate surface area is 108 Å². The zero-order chi connectivity index (χ0) is 13.4. The Morgan fingerprint density at radius 3 is 2.61 bits per heavy atom. The first-order chi connectivity index (χ1) is 8.67. The minimum absolute atomic E-state index is 0.0215. The number of ether oxygens (including phenoxy) is 2. The fraction of sp³-hybridized carbons (Fsp3) is 0.714. The first kappa shape index (κ1) is 14.9. The van der Waals surface area contributed by atoms with Crippen LogP contribution in [-0.2, 0) is 19.1 Å². The number of carbonyl (C=O) groups is 2. The Hall–Kier alpha value is -1.16. The topological polar surface area (TPSA) is 52.6 Å². The minimum Gasteiger partial charge on any atom is -0.469 e. The molecular weight excluding hydrogens is 232 g/mol. The number of unbranched alkanes of at least 4 members (excludes halogenated alkanes) is 3. The summed E-state index contributed by atoms with van der Waals surface area (Å²) >= 11 is 0. The van der Waals surface area contributed by atoms with E-state index >= 15 is 0 Å². The van der Waals surface area contributed by atoms with Crippen molar-refractivity contribution in [3.63, 3.8) is 0 Å². The maximum absolute atomic E-state index is 11.6. The summed E-state index contributed by atoms with van der Waals surface area (Å²) in [5.74, 6) is 0.0722. The molecule has 1 rings (SSSR count). The molecule has 0 fully saturated rings. The van der Waals surface area contributed by atoms with Gasteiger partial charge >= 0.3 is 5.97 Å². The number of methoxy groups -OCH3 is 2. The summed E-state index contributed by atoms with van der Waals surface area (Å²) in [6.07, 6.45) is 7.64. The molecule has 0 radical (unpaired) electrons. The number of hydrogen-bond acceptors (Lipinski definition) is 4. The quantitative estimate of drug-likeness (QED) is 0.493.